The van der Waals surface area contributed by atoms with Crippen molar-refractivity contribution in [3.8, 4) is 0 Å². The van der Waals surface area contributed by atoms with Crippen LogP contribution in [0.3, 0.4) is 0 Å². The molecule has 8 heteroatoms. The number of ether oxygens (including phenoxy) is 5. The Kier molecular flexibility index (Phi) is 8.19. The first-order valence-electron chi connectivity index (χ1n) is 9.65. The molecule has 158 valence electrons. The summed E-state index contributed by atoms with van der Waals surface area (Å²) in [7, 11) is 1.53. The minimum Gasteiger partial charge on any atom is -0.396 e. The summed E-state index contributed by atoms with van der Waals surface area (Å²) in [5.74, 6) is 0. The van der Waals surface area contributed by atoms with Gasteiger partial charge in [0.1, 0.15) is 43.4 Å². The van der Waals surface area contributed by atoms with Gasteiger partial charge in [-0.3, -0.25) is 0 Å². The molecule has 3 N–H and O–H groups in total. The van der Waals surface area contributed by atoms with Crippen LogP contribution >= 0.6 is 0 Å². The lowest BCUT2D eigenvalue weighted by atomic mass is 9.91. The van der Waals surface area contributed by atoms with Crippen molar-refractivity contribution in [2.24, 2.45) is 0 Å². The molecule has 8 nitrogen and oxygen atoms in total. The molecule has 2 fully saturated rings. The lowest BCUT2D eigenvalue weighted by Crippen LogP contribution is -2.58. The average molecular weight is 398 g/mol. The Morgan fingerprint density at radius 3 is 2.46 bits per heavy atom. The van der Waals surface area contributed by atoms with Gasteiger partial charge in [0, 0.05) is 13.7 Å². The van der Waals surface area contributed by atoms with Crippen LogP contribution in [0.4, 0.5) is 0 Å². The molecule has 7 atom stereocenters. The van der Waals surface area contributed by atoms with Crippen LogP contribution in [0.2, 0.25) is 0 Å². The Morgan fingerprint density at radius 1 is 1.00 bits per heavy atom. The van der Waals surface area contributed by atoms with Crippen molar-refractivity contribution in [1.29, 1.82) is 0 Å². The Bertz CT molecular complexity index is 571. The number of methoxy groups -OCH3 is 1. The van der Waals surface area contributed by atoms with Gasteiger partial charge < -0.3 is 39.0 Å². The van der Waals surface area contributed by atoms with E-state index in [4.69, 9.17) is 28.8 Å². The van der Waals surface area contributed by atoms with E-state index in [1.54, 1.807) is 0 Å². The number of aliphatic hydroxyl groups excluding tert-OH is 3. The third kappa shape index (κ3) is 5.08. The van der Waals surface area contributed by atoms with Crippen LogP contribution in [-0.4, -0.2) is 85.2 Å². The van der Waals surface area contributed by atoms with E-state index < -0.39 is 42.7 Å². The average Bonchev–Trinajstić information content (AvgIpc) is 3.06. The van der Waals surface area contributed by atoms with Crippen LogP contribution in [0.5, 0.6) is 0 Å². The quantitative estimate of drug-likeness (QED) is 0.481. The minimum absolute atomic E-state index is 0.00712. The van der Waals surface area contributed by atoms with Crippen LogP contribution in [0, 0.1) is 0 Å². The predicted molar refractivity (Wildman–Crippen MR) is 98.5 cm³/mol. The number of rotatable bonds is 10. The summed E-state index contributed by atoms with van der Waals surface area (Å²) in [6.07, 6.45) is -4.11. The zero-order chi connectivity index (χ0) is 19.9. The molecule has 2 aliphatic heterocycles. The van der Waals surface area contributed by atoms with Gasteiger partial charge in [-0.15, -0.1) is 0 Å². The third-order valence-electron chi connectivity index (χ3n) is 5.16. The van der Waals surface area contributed by atoms with E-state index in [-0.39, 0.29) is 20.0 Å². The van der Waals surface area contributed by atoms with Crippen LogP contribution in [0.1, 0.15) is 18.4 Å². The first-order chi connectivity index (χ1) is 13.7. The Labute approximate surface area is 164 Å². The normalized spacial score (nSPS) is 35.1. The second kappa shape index (κ2) is 10.6. The molecule has 0 amide bonds. The van der Waals surface area contributed by atoms with Crippen LogP contribution in [0.25, 0.3) is 0 Å². The second-order valence-corrected chi connectivity index (χ2v) is 7.16. The fourth-order valence-corrected chi connectivity index (χ4v) is 3.76. The van der Waals surface area contributed by atoms with Crippen LogP contribution in [-0.2, 0) is 30.3 Å². The molecule has 0 unspecified atom stereocenters. The lowest BCUT2D eigenvalue weighted by Gasteiger charge is -2.40. The number of hydrogen-bond acceptors (Lipinski definition) is 8. The van der Waals surface area contributed by atoms with Crippen LogP contribution in [0.15, 0.2) is 30.3 Å². The summed E-state index contributed by atoms with van der Waals surface area (Å²) < 4.78 is 28.6. The molecule has 2 heterocycles. The van der Waals surface area contributed by atoms with Crippen molar-refractivity contribution in [1.82, 2.24) is 0 Å². The van der Waals surface area contributed by atoms with Gasteiger partial charge in [0.15, 0.2) is 0 Å². The maximum absolute atomic E-state index is 10.5. The maximum Gasteiger partial charge on any atom is 0.146 e. The first kappa shape index (κ1) is 21.6. The highest BCUT2D eigenvalue weighted by Crippen LogP contribution is 2.36. The van der Waals surface area contributed by atoms with Gasteiger partial charge in [-0.25, -0.2) is 0 Å². The van der Waals surface area contributed by atoms with Crippen molar-refractivity contribution in [2.75, 3.05) is 27.1 Å². The second-order valence-electron chi connectivity index (χ2n) is 7.16. The smallest absolute Gasteiger partial charge is 0.146 e. The molecule has 1 aromatic rings. The zero-order valence-electron chi connectivity index (χ0n) is 16.1. The van der Waals surface area contributed by atoms with Gasteiger partial charge >= 0.3 is 0 Å². The van der Waals surface area contributed by atoms with E-state index in [2.05, 4.69) is 0 Å². The highest BCUT2D eigenvalue weighted by atomic mass is 16.7. The summed E-state index contributed by atoms with van der Waals surface area (Å²) in [5.41, 5.74) is 1.04. The Balaban J connectivity index is 1.64. The lowest BCUT2D eigenvalue weighted by molar-refractivity contribution is -0.224. The molecule has 2 saturated heterocycles. The molecule has 0 radical (unpaired) electrons. The van der Waals surface area contributed by atoms with E-state index in [1.807, 2.05) is 30.3 Å². The molecular weight excluding hydrogens is 368 g/mol. The molecule has 1 aromatic carbocycles. The summed E-state index contributed by atoms with van der Waals surface area (Å²) >= 11 is 0. The fraction of sp³-hybridized carbons (Fsp3) is 0.700. The number of benzene rings is 1. The van der Waals surface area contributed by atoms with Crippen molar-refractivity contribution in [3.05, 3.63) is 35.9 Å². The van der Waals surface area contributed by atoms with Crippen molar-refractivity contribution >= 4 is 0 Å². The monoisotopic (exact) mass is 398 g/mol. The van der Waals surface area contributed by atoms with Crippen molar-refractivity contribution < 1.29 is 39.0 Å². The van der Waals surface area contributed by atoms with Crippen LogP contribution < -0.4 is 0 Å². The molecule has 2 aliphatic rings. The van der Waals surface area contributed by atoms with Gasteiger partial charge in [0.25, 0.3) is 0 Å². The van der Waals surface area contributed by atoms with Crippen molar-refractivity contribution in [2.45, 2.75) is 62.2 Å². The van der Waals surface area contributed by atoms with Gasteiger partial charge in [0.2, 0.25) is 0 Å². The maximum atomic E-state index is 10.5. The molecule has 28 heavy (non-hydrogen) atoms. The van der Waals surface area contributed by atoms with Gasteiger partial charge in [-0.2, -0.15) is 0 Å². The Hall–Kier alpha value is -1.10. The summed E-state index contributed by atoms with van der Waals surface area (Å²) in [4.78, 5) is 0. The number of hydrogen-bond donors (Lipinski definition) is 3. The molecule has 0 aliphatic carbocycles. The molecule has 0 bridgehead atoms. The predicted octanol–water partition coefficient (Wildman–Crippen LogP) is 0.221. The van der Waals surface area contributed by atoms with E-state index in [0.29, 0.717) is 19.4 Å². The minimum atomic E-state index is -1.10. The summed E-state index contributed by atoms with van der Waals surface area (Å²) in [5, 5.41) is 29.9. The van der Waals surface area contributed by atoms with E-state index in [9.17, 15) is 10.2 Å². The van der Waals surface area contributed by atoms with Gasteiger partial charge in [-0.1, -0.05) is 30.3 Å². The van der Waals surface area contributed by atoms with E-state index >= 15 is 0 Å². The summed E-state index contributed by atoms with van der Waals surface area (Å²) in [6.45, 7) is 0.727. The largest absolute Gasteiger partial charge is 0.396 e. The van der Waals surface area contributed by atoms with E-state index in [1.165, 1.54) is 7.11 Å². The highest BCUT2D eigenvalue weighted by molar-refractivity contribution is 5.13. The highest BCUT2D eigenvalue weighted by Gasteiger charge is 2.55. The molecule has 0 spiro atoms. The first-order valence-corrected chi connectivity index (χ1v) is 9.65. The molecule has 0 saturated carbocycles. The van der Waals surface area contributed by atoms with Gasteiger partial charge in [0.05, 0.1) is 19.3 Å². The summed E-state index contributed by atoms with van der Waals surface area (Å²) in [6, 6.07) is 9.79. The number of fused-ring (bicyclic) bond motifs is 1. The number of aliphatic hydroxyl groups is 3. The molecular formula is C20H30O8. The topological polar surface area (TPSA) is 107 Å². The molecule has 0 aromatic heterocycles. The standard InChI is InChI=1S/C20H30O8/c1-24-12-26-18-15(11-25-10-13-6-3-2-4-7-13)28-19-17(23)16(22)14(8-5-9-21)27-20(18)19/h2-4,6-7,14-23H,5,8-12H2,1H3/t14-,15+,16-,17-,18-,19-,20-/m0/s1. The Morgan fingerprint density at radius 2 is 1.75 bits per heavy atom. The molecule has 3 rings (SSSR count). The fourth-order valence-electron chi connectivity index (χ4n) is 3.76. The SMILES string of the molecule is COCO[C@@H]1[C@@H]2O[C@@H](CCCO)[C@H](O)[C@H](O)[C@@H]2O[C@@H]1COCc1ccccc1. The van der Waals surface area contributed by atoms with E-state index in [0.717, 1.165) is 5.56 Å². The van der Waals surface area contributed by atoms with Gasteiger partial charge in [-0.05, 0) is 18.4 Å². The zero-order valence-corrected chi connectivity index (χ0v) is 16.1. The third-order valence-corrected chi connectivity index (χ3v) is 5.16. The van der Waals surface area contributed by atoms with Crippen molar-refractivity contribution in [3.63, 3.8) is 0 Å².